The van der Waals surface area contributed by atoms with Crippen LogP contribution in [0.25, 0.3) is 0 Å². The van der Waals surface area contributed by atoms with Crippen LogP contribution >= 0.6 is 24.0 Å². The van der Waals surface area contributed by atoms with Crippen LogP contribution in [0.2, 0.25) is 0 Å². The number of nitrogens with zero attached hydrogens (tertiary/aromatic N) is 2. The van der Waals surface area contributed by atoms with E-state index in [1.54, 1.807) is 6.26 Å². The summed E-state index contributed by atoms with van der Waals surface area (Å²) in [6.07, 6.45) is 3.69. The van der Waals surface area contributed by atoms with Gasteiger partial charge in [-0.2, -0.15) is 0 Å². The zero-order chi connectivity index (χ0) is 17.2. The summed E-state index contributed by atoms with van der Waals surface area (Å²) in [6.45, 7) is 8.74. The van der Waals surface area contributed by atoms with E-state index in [2.05, 4.69) is 65.8 Å². The molecule has 0 atom stereocenters. The molecule has 2 aromatic rings. The molecule has 2 N–H and O–H groups in total. The Morgan fingerprint density at radius 3 is 2.52 bits per heavy atom. The molecule has 0 saturated heterocycles. The molecule has 0 aliphatic rings. The quantitative estimate of drug-likeness (QED) is 0.272. The molecule has 0 aliphatic carbocycles. The molecule has 0 amide bonds. The largest absolute Gasteiger partial charge is 0.364 e. The zero-order valence-corrected chi connectivity index (χ0v) is 17.6. The van der Waals surface area contributed by atoms with Crippen LogP contribution in [0.5, 0.6) is 0 Å². The van der Waals surface area contributed by atoms with E-state index in [0.717, 1.165) is 37.6 Å². The number of halogens is 1. The molecule has 25 heavy (non-hydrogen) atoms. The van der Waals surface area contributed by atoms with Crippen LogP contribution < -0.4 is 10.6 Å². The van der Waals surface area contributed by atoms with E-state index in [4.69, 9.17) is 4.52 Å². The molecule has 0 aliphatic heterocycles. The predicted octanol–water partition coefficient (Wildman–Crippen LogP) is 4.10. The van der Waals surface area contributed by atoms with Gasteiger partial charge in [-0.05, 0) is 36.8 Å². The number of nitrogens with one attached hydrogen (secondary N) is 2. The van der Waals surface area contributed by atoms with Gasteiger partial charge >= 0.3 is 0 Å². The van der Waals surface area contributed by atoms with E-state index in [1.807, 2.05) is 6.07 Å². The average Bonchev–Trinajstić information content (AvgIpc) is 3.10. The van der Waals surface area contributed by atoms with Crippen molar-refractivity contribution in [3.63, 3.8) is 0 Å². The van der Waals surface area contributed by atoms with Gasteiger partial charge in [-0.15, -0.1) is 24.0 Å². The summed E-state index contributed by atoms with van der Waals surface area (Å²) in [5.41, 5.74) is 3.61. The molecule has 1 aromatic carbocycles. The van der Waals surface area contributed by atoms with Gasteiger partial charge in [0.05, 0.1) is 6.54 Å². The maximum absolute atomic E-state index is 4.82. The first-order chi connectivity index (χ1) is 11.7. The lowest BCUT2D eigenvalue weighted by Crippen LogP contribution is -2.37. The van der Waals surface area contributed by atoms with Gasteiger partial charge in [-0.1, -0.05) is 43.3 Å². The van der Waals surface area contributed by atoms with Gasteiger partial charge in [-0.3, -0.25) is 0 Å². The molecule has 0 fully saturated rings. The number of guanidine groups is 1. The Balaban J connectivity index is 0.00000312. The molecule has 6 heteroatoms. The number of benzene rings is 1. The molecule has 138 valence electrons. The molecular formula is C19H29IN4O. The summed E-state index contributed by atoms with van der Waals surface area (Å²) in [5, 5.41) is 10.5. The zero-order valence-electron chi connectivity index (χ0n) is 15.3. The molecule has 0 bridgehead atoms. The van der Waals surface area contributed by atoms with Gasteiger partial charge in [0.2, 0.25) is 0 Å². The third-order valence-corrected chi connectivity index (χ3v) is 3.82. The fourth-order valence-electron chi connectivity index (χ4n) is 2.39. The van der Waals surface area contributed by atoms with E-state index in [0.29, 0.717) is 12.5 Å². The van der Waals surface area contributed by atoms with E-state index in [9.17, 15) is 0 Å². The van der Waals surface area contributed by atoms with Crippen molar-refractivity contribution in [3.8, 4) is 0 Å². The van der Waals surface area contributed by atoms with Crippen LogP contribution in [0.15, 0.2) is 46.1 Å². The van der Waals surface area contributed by atoms with Gasteiger partial charge in [0.25, 0.3) is 0 Å². The average molecular weight is 456 g/mol. The van der Waals surface area contributed by atoms with Gasteiger partial charge in [0, 0.05) is 19.2 Å². The first kappa shape index (κ1) is 21.5. The van der Waals surface area contributed by atoms with E-state index in [-0.39, 0.29) is 24.0 Å². The number of aryl methyl sites for hydroxylation is 1. The molecule has 5 nitrogen and oxygen atoms in total. The fraction of sp³-hybridized carbons (Fsp3) is 0.474. The monoisotopic (exact) mass is 456 g/mol. The third kappa shape index (κ3) is 7.90. The van der Waals surface area contributed by atoms with Crippen molar-refractivity contribution in [1.82, 2.24) is 15.8 Å². The number of aliphatic imine (C=N–C) groups is 1. The number of hydrogen-bond donors (Lipinski definition) is 2. The van der Waals surface area contributed by atoms with Gasteiger partial charge in [-0.25, -0.2) is 4.99 Å². The second-order valence-corrected chi connectivity index (χ2v) is 6.11. The minimum absolute atomic E-state index is 0. The van der Waals surface area contributed by atoms with Gasteiger partial charge < -0.3 is 15.2 Å². The first-order valence-corrected chi connectivity index (χ1v) is 8.69. The maximum atomic E-state index is 4.82. The molecule has 0 spiro atoms. The summed E-state index contributed by atoms with van der Waals surface area (Å²) in [7, 11) is 0. The third-order valence-electron chi connectivity index (χ3n) is 3.82. The maximum Gasteiger partial charge on any atom is 0.191 e. The minimum atomic E-state index is 0. The van der Waals surface area contributed by atoms with E-state index < -0.39 is 0 Å². The van der Waals surface area contributed by atoms with Crippen LogP contribution in [0.4, 0.5) is 0 Å². The Kier molecular flexibility index (Phi) is 10.2. The van der Waals surface area contributed by atoms with E-state index in [1.165, 1.54) is 11.1 Å². The highest BCUT2D eigenvalue weighted by molar-refractivity contribution is 14.0. The van der Waals surface area contributed by atoms with Crippen LogP contribution in [0.3, 0.4) is 0 Å². The van der Waals surface area contributed by atoms with E-state index >= 15 is 0 Å². The molecule has 1 aromatic heterocycles. The molecule has 0 saturated carbocycles. The van der Waals surface area contributed by atoms with Crippen molar-refractivity contribution in [2.45, 2.75) is 46.1 Å². The number of aromatic nitrogens is 1. The topological polar surface area (TPSA) is 62.5 Å². The highest BCUT2D eigenvalue weighted by Gasteiger charge is 2.01. The van der Waals surface area contributed by atoms with Crippen molar-refractivity contribution < 1.29 is 4.52 Å². The van der Waals surface area contributed by atoms with Gasteiger partial charge in [0.1, 0.15) is 12.0 Å². The lowest BCUT2D eigenvalue weighted by atomic mass is 10.0. The Labute approximate surface area is 167 Å². The summed E-state index contributed by atoms with van der Waals surface area (Å²) >= 11 is 0. The van der Waals surface area contributed by atoms with Crippen molar-refractivity contribution in [1.29, 1.82) is 0 Å². The predicted molar refractivity (Wildman–Crippen MR) is 114 cm³/mol. The lowest BCUT2D eigenvalue weighted by molar-refractivity contribution is 0.412. The minimum Gasteiger partial charge on any atom is -0.364 e. The van der Waals surface area contributed by atoms with Gasteiger partial charge in [0.15, 0.2) is 5.96 Å². The fourth-order valence-corrected chi connectivity index (χ4v) is 2.39. The van der Waals surface area contributed by atoms with Crippen molar-refractivity contribution in [2.24, 2.45) is 4.99 Å². The Morgan fingerprint density at radius 2 is 1.92 bits per heavy atom. The molecule has 0 radical (unpaired) electrons. The Morgan fingerprint density at radius 1 is 1.16 bits per heavy atom. The van der Waals surface area contributed by atoms with Crippen molar-refractivity contribution in [3.05, 3.63) is 53.4 Å². The van der Waals surface area contributed by atoms with Crippen LogP contribution in [0, 0.1) is 0 Å². The summed E-state index contributed by atoms with van der Waals surface area (Å²) < 4.78 is 4.82. The summed E-state index contributed by atoms with van der Waals surface area (Å²) in [6, 6.07) is 10.8. The molecule has 1 heterocycles. The molecule has 2 rings (SSSR count). The highest BCUT2D eigenvalue weighted by atomic mass is 127. The Hall–Kier alpha value is -1.57. The van der Waals surface area contributed by atoms with Crippen molar-refractivity contribution >= 4 is 29.9 Å². The molecular weight excluding hydrogens is 427 g/mol. The Bertz CT molecular complexity index is 609. The SMILES string of the molecule is CCNC(=NCc1ccon1)NCCCc1ccc(C(C)C)cc1.I. The standard InChI is InChI=1S/C19H28N4O.HI/c1-4-20-19(22-14-18-11-13-24-23-18)21-12-5-6-16-7-9-17(10-8-16)15(2)3;/h7-11,13,15H,4-6,12,14H2,1-3H3,(H2,20,21,22);1H. The number of hydrogen-bond acceptors (Lipinski definition) is 3. The van der Waals surface area contributed by atoms with Crippen LogP contribution in [0.1, 0.15) is 49.9 Å². The van der Waals surface area contributed by atoms with Crippen LogP contribution in [-0.2, 0) is 13.0 Å². The lowest BCUT2D eigenvalue weighted by Gasteiger charge is -2.11. The van der Waals surface area contributed by atoms with Crippen molar-refractivity contribution in [2.75, 3.05) is 13.1 Å². The smallest absolute Gasteiger partial charge is 0.191 e. The molecule has 0 unspecified atom stereocenters. The normalized spacial score (nSPS) is 11.3. The number of rotatable bonds is 8. The summed E-state index contributed by atoms with van der Waals surface area (Å²) in [5.74, 6) is 1.40. The van der Waals surface area contributed by atoms with Crippen LogP contribution in [-0.4, -0.2) is 24.2 Å². The summed E-state index contributed by atoms with van der Waals surface area (Å²) in [4.78, 5) is 4.50. The second-order valence-electron chi connectivity index (χ2n) is 6.11. The first-order valence-electron chi connectivity index (χ1n) is 8.69. The second kappa shape index (κ2) is 11.9. The highest BCUT2D eigenvalue weighted by Crippen LogP contribution is 2.15.